The second kappa shape index (κ2) is 5.66. The number of halogens is 2. The second-order valence-electron chi connectivity index (χ2n) is 7.36. The molecule has 3 aromatic rings. The summed E-state index contributed by atoms with van der Waals surface area (Å²) in [5.74, 6) is -1.58. The van der Waals surface area contributed by atoms with Gasteiger partial charge in [0.1, 0.15) is 11.5 Å². The lowest BCUT2D eigenvalue weighted by Crippen LogP contribution is -2.49. The van der Waals surface area contributed by atoms with E-state index in [1.165, 1.54) is 4.57 Å². The molecule has 1 atom stereocenters. The van der Waals surface area contributed by atoms with E-state index in [2.05, 4.69) is 10.5 Å². The average molecular weight is 376 g/mol. The molecule has 2 aliphatic rings. The van der Waals surface area contributed by atoms with Crippen LogP contribution in [0.4, 0.5) is 14.5 Å². The molecule has 0 spiro atoms. The third-order valence-electron chi connectivity index (χ3n) is 5.38. The quantitative estimate of drug-likeness (QED) is 0.713. The summed E-state index contributed by atoms with van der Waals surface area (Å²) in [5, 5.41) is 5.05. The number of rotatable bonds is 2. The molecule has 1 aliphatic heterocycles. The number of pyridine rings is 1. The highest BCUT2D eigenvalue weighted by molar-refractivity contribution is 5.93. The molecule has 1 saturated carbocycles. The number of hydrogen-bond acceptors (Lipinski definition) is 5. The van der Waals surface area contributed by atoms with Crippen molar-refractivity contribution in [2.75, 3.05) is 24.5 Å². The number of H-pyrrole nitrogens is 1. The first-order valence-corrected chi connectivity index (χ1v) is 9.03. The molecule has 1 unspecified atom stereocenters. The Morgan fingerprint density at radius 3 is 2.74 bits per heavy atom. The van der Waals surface area contributed by atoms with Gasteiger partial charge in [0.25, 0.3) is 5.56 Å². The lowest BCUT2D eigenvalue weighted by molar-refractivity contribution is 0.427. The topological polar surface area (TPSA) is 83.3 Å². The number of anilines is 1. The number of benzene rings is 1. The molecule has 9 heteroatoms. The summed E-state index contributed by atoms with van der Waals surface area (Å²) in [6, 6.07) is 1.06. The summed E-state index contributed by atoms with van der Waals surface area (Å²) < 4.78 is 37.2. The normalized spacial score (nSPS) is 20.7. The van der Waals surface area contributed by atoms with Crippen LogP contribution >= 0.6 is 0 Å². The van der Waals surface area contributed by atoms with Gasteiger partial charge in [0.2, 0.25) is 11.1 Å². The monoisotopic (exact) mass is 376 g/mol. The Morgan fingerprint density at radius 2 is 2.04 bits per heavy atom. The van der Waals surface area contributed by atoms with Gasteiger partial charge >= 0.3 is 0 Å². The number of hydrogen-bond donors (Lipinski definition) is 2. The second-order valence-corrected chi connectivity index (χ2v) is 7.36. The van der Waals surface area contributed by atoms with E-state index in [4.69, 9.17) is 4.52 Å². The Kier molecular flexibility index (Phi) is 3.45. The maximum absolute atomic E-state index is 15.6. The van der Waals surface area contributed by atoms with Crippen LogP contribution in [0, 0.1) is 11.6 Å². The molecule has 5 rings (SSSR count). The van der Waals surface area contributed by atoms with Gasteiger partial charge in [-0.1, -0.05) is 0 Å². The SMILES string of the molecule is CC1CN(c2c(F)cc3c(=O)c4c(=O)[nH]oc4n(C4CC4)c3c2F)CCN1. The van der Waals surface area contributed by atoms with Gasteiger partial charge in [0.15, 0.2) is 11.2 Å². The summed E-state index contributed by atoms with van der Waals surface area (Å²) in [7, 11) is 0. The molecule has 1 aliphatic carbocycles. The molecule has 0 amide bonds. The highest BCUT2D eigenvalue weighted by Gasteiger charge is 2.33. The molecule has 2 N–H and O–H groups in total. The van der Waals surface area contributed by atoms with Gasteiger partial charge in [-0.25, -0.2) is 8.78 Å². The van der Waals surface area contributed by atoms with E-state index in [0.717, 1.165) is 18.9 Å². The number of fused-ring (bicyclic) bond motifs is 2. The Bertz CT molecular complexity index is 1190. The number of piperazine rings is 1. The smallest absolute Gasteiger partial charge is 0.293 e. The minimum Gasteiger partial charge on any atom is -0.364 e. The van der Waals surface area contributed by atoms with Crippen LogP contribution in [-0.4, -0.2) is 35.4 Å². The van der Waals surface area contributed by atoms with Crippen LogP contribution in [0.5, 0.6) is 0 Å². The minimum absolute atomic E-state index is 0.000311. The van der Waals surface area contributed by atoms with E-state index in [1.807, 2.05) is 6.92 Å². The van der Waals surface area contributed by atoms with E-state index in [0.29, 0.717) is 19.6 Å². The predicted octanol–water partition coefficient (Wildman–Crippen LogP) is 1.85. The molecular weight excluding hydrogens is 358 g/mol. The van der Waals surface area contributed by atoms with Crippen molar-refractivity contribution in [3.8, 4) is 0 Å². The van der Waals surface area contributed by atoms with Gasteiger partial charge in [-0.2, -0.15) is 5.16 Å². The molecule has 0 bridgehead atoms. The third kappa shape index (κ3) is 2.34. The van der Waals surface area contributed by atoms with Crippen LogP contribution in [0.2, 0.25) is 0 Å². The van der Waals surface area contributed by atoms with Gasteiger partial charge in [0, 0.05) is 31.7 Å². The van der Waals surface area contributed by atoms with E-state index in [-0.39, 0.29) is 39.8 Å². The molecule has 7 nitrogen and oxygen atoms in total. The lowest BCUT2D eigenvalue weighted by Gasteiger charge is -2.34. The van der Waals surface area contributed by atoms with Crippen molar-refractivity contribution in [2.24, 2.45) is 0 Å². The third-order valence-corrected chi connectivity index (χ3v) is 5.38. The van der Waals surface area contributed by atoms with Crippen molar-refractivity contribution in [1.29, 1.82) is 0 Å². The minimum atomic E-state index is -0.798. The number of nitrogens with zero attached hydrogens (tertiary/aromatic N) is 2. The number of aromatic nitrogens is 2. The fraction of sp³-hybridized carbons (Fsp3) is 0.444. The van der Waals surface area contributed by atoms with Crippen LogP contribution in [0.1, 0.15) is 25.8 Å². The molecule has 27 heavy (non-hydrogen) atoms. The Hall–Kier alpha value is -2.68. The Balaban J connectivity index is 1.88. The molecule has 0 radical (unpaired) electrons. The highest BCUT2D eigenvalue weighted by Crippen LogP contribution is 2.41. The van der Waals surface area contributed by atoms with Crippen LogP contribution in [0.15, 0.2) is 20.2 Å². The van der Waals surface area contributed by atoms with E-state index >= 15 is 4.39 Å². The Labute approximate surface area is 151 Å². The van der Waals surface area contributed by atoms with Crippen molar-refractivity contribution in [1.82, 2.24) is 15.0 Å². The fourth-order valence-electron chi connectivity index (χ4n) is 4.01. The summed E-state index contributed by atoms with van der Waals surface area (Å²) in [4.78, 5) is 26.4. The summed E-state index contributed by atoms with van der Waals surface area (Å²) in [5.41, 5.74) is -1.52. The molecule has 1 aromatic carbocycles. The highest BCUT2D eigenvalue weighted by atomic mass is 19.1. The maximum Gasteiger partial charge on any atom is 0.293 e. The predicted molar refractivity (Wildman–Crippen MR) is 96.5 cm³/mol. The molecule has 2 aromatic heterocycles. The molecule has 2 fully saturated rings. The van der Waals surface area contributed by atoms with Crippen LogP contribution in [-0.2, 0) is 0 Å². The van der Waals surface area contributed by atoms with Gasteiger partial charge in [0.05, 0.1) is 10.9 Å². The molecular formula is C18H18F2N4O3. The molecule has 3 heterocycles. The average Bonchev–Trinajstić information content (AvgIpc) is 3.39. The van der Waals surface area contributed by atoms with Gasteiger partial charge < -0.3 is 19.3 Å². The van der Waals surface area contributed by atoms with Crippen molar-refractivity contribution < 1.29 is 13.3 Å². The maximum atomic E-state index is 15.6. The van der Waals surface area contributed by atoms with Gasteiger partial charge in [-0.05, 0) is 25.8 Å². The van der Waals surface area contributed by atoms with Crippen molar-refractivity contribution in [3.63, 3.8) is 0 Å². The first-order valence-electron chi connectivity index (χ1n) is 9.03. The van der Waals surface area contributed by atoms with Crippen LogP contribution in [0.25, 0.3) is 22.0 Å². The van der Waals surface area contributed by atoms with Crippen LogP contribution < -0.4 is 21.2 Å². The lowest BCUT2D eigenvalue weighted by atomic mass is 10.1. The van der Waals surface area contributed by atoms with E-state index in [9.17, 15) is 14.0 Å². The fourth-order valence-corrected chi connectivity index (χ4v) is 4.01. The molecule has 142 valence electrons. The number of nitrogens with one attached hydrogen (secondary N) is 2. The zero-order valence-electron chi connectivity index (χ0n) is 14.6. The first kappa shape index (κ1) is 16.5. The number of aromatic amines is 1. The first-order chi connectivity index (χ1) is 13.0. The van der Waals surface area contributed by atoms with E-state index < -0.39 is 22.6 Å². The zero-order chi connectivity index (χ0) is 18.9. The van der Waals surface area contributed by atoms with E-state index in [1.54, 1.807) is 4.90 Å². The van der Waals surface area contributed by atoms with Crippen molar-refractivity contribution in [3.05, 3.63) is 38.3 Å². The van der Waals surface area contributed by atoms with Crippen molar-refractivity contribution >= 4 is 27.7 Å². The summed E-state index contributed by atoms with van der Waals surface area (Å²) in [6.07, 6.45) is 1.55. The summed E-state index contributed by atoms with van der Waals surface area (Å²) in [6.45, 7) is 3.47. The van der Waals surface area contributed by atoms with Gasteiger partial charge in [-0.3, -0.25) is 9.59 Å². The Morgan fingerprint density at radius 1 is 1.26 bits per heavy atom. The molecule has 1 saturated heterocycles. The summed E-state index contributed by atoms with van der Waals surface area (Å²) >= 11 is 0. The van der Waals surface area contributed by atoms with Crippen LogP contribution in [0.3, 0.4) is 0 Å². The standard InChI is InChI=1S/C18H18F2N4O3/c1-8-7-23(5-4-21-8)15-11(19)6-10-14(13(15)20)24(9-2-3-9)18-12(16(10)25)17(26)22-27-18/h6,8-9,21H,2-5,7H2,1H3,(H,22,26). The zero-order valence-corrected chi connectivity index (χ0v) is 14.6. The van der Waals surface area contributed by atoms with Gasteiger partial charge in [-0.15, -0.1) is 0 Å². The largest absolute Gasteiger partial charge is 0.364 e. The van der Waals surface area contributed by atoms with Crippen molar-refractivity contribution in [2.45, 2.75) is 31.8 Å².